The van der Waals surface area contributed by atoms with Crippen molar-refractivity contribution in [3.63, 3.8) is 0 Å². The molecular weight excluding hydrogens is 491 g/mol. The third-order valence-corrected chi connectivity index (χ3v) is 5.99. The third-order valence-electron chi connectivity index (χ3n) is 5.37. The molecule has 30 heavy (non-hydrogen) atoms. The summed E-state index contributed by atoms with van der Waals surface area (Å²) in [6.45, 7) is 2.44. The van der Waals surface area contributed by atoms with Crippen molar-refractivity contribution in [3.05, 3.63) is 96.9 Å². The second-order valence-electron chi connectivity index (χ2n) is 7.08. The molecule has 0 heterocycles. The highest BCUT2D eigenvalue weighted by Crippen LogP contribution is 2.44. The van der Waals surface area contributed by atoms with E-state index in [1.54, 1.807) is 0 Å². The van der Waals surface area contributed by atoms with Gasteiger partial charge in [-0.3, -0.25) is 0 Å². The number of fused-ring (bicyclic) bond motifs is 3. The van der Waals surface area contributed by atoms with Crippen molar-refractivity contribution < 1.29 is 9.53 Å². The SMILES string of the molecule is Cc1c(CNC(=O)OCC2c3ccccc3-c3ccccc32)cc(I)cc1N=[N+]=[N-]. The monoisotopic (exact) mass is 510 g/mol. The number of azide groups is 1. The summed E-state index contributed by atoms with van der Waals surface area (Å²) in [6, 6.07) is 20.2. The molecule has 3 aromatic rings. The lowest BCUT2D eigenvalue weighted by Gasteiger charge is -2.15. The van der Waals surface area contributed by atoms with Crippen molar-refractivity contribution >= 4 is 34.4 Å². The van der Waals surface area contributed by atoms with Gasteiger partial charge in [0.2, 0.25) is 0 Å². The van der Waals surface area contributed by atoms with Gasteiger partial charge in [-0.15, -0.1) is 0 Å². The number of benzene rings is 3. The zero-order valence-electron chi connectivity index (χ0n) is 16.3. The van der Waals surface area contributed by atoms with Crippen molar-refractivity contribution in [2.24, 2.45) is 5.11 Å². The highest BCUT2D eigenvalue weighted by molar-refractivity contribution is 14.1. The van der Waals surface area contributed by atoms with Crippen molar-refractivity contribution in [3.8, 4) is 11.1 Å². The molecule has 0 aliphatic heterocycles. The molecule has 0 saturated heterocycles. The minimum atomic E-state index is -0.472. The molecule has 150 valence electrons. The van der Waals surface area contributed by atoms with Crippen LogP contribution in [0.2, 0.25) is 0 Å². The van der Waals surface area contributed by atoms with Gasteiger partial charge < -0.3 is 10.1 Å². The van der Waals surface area contributed by atoms with Crippen molar-refractivity contribution in [2.45, 2.75) is 19.4 Å². The Labute approximate surface area is 188 Å². The van der Waals surface area contributed by atoms with Gasteiger partial charge in [0.25, 0.3) is 0 Å². The van der Waals surface area contributed by atoms with Gasteiger partial charge in [-0.25, -0.2) is 4.79 Å². The van der Waals surface area contributed by atoms with Gasteiger partial charge in [0.15, 0.2) is 0 Å². The van der Waals surface area contributed by atoms with E-state index in [0.717, 1.165) is 14.7 Å². The number of nitrogens with zero attached hydrogens (tertiary/aromatic N) is 3. The zero-order valence-corrected chi connectivity index (χ0v) is 18.5. The zero-order chi connectivity index (χ0) is 21.1. The molecule has 1 aliphatic rings. The predicted octanol–water partition coefficient (Wildman–Crippen LogP) is 6.58. The van der Waals surface area contributed by atoms with E-state index in [4.69, 9.17) is 10.3 Å². The lowest BCUT2D eigenvalue weighted by molar-refractivity contribution is 0.142. The summed E-state index contributed by atoms with van der Waals surface area (Å²) in [7, 11) is 0. The Kier molecular flexibility index (Phi) is 5.92. The molecule has 1 aliphatic carbocycles. The number of hydrogen-bond acceptors (Lipinski definition) is 3. The minimum Gasteiger partial charge on any atom is -0.449 e. The number of nitrogens with one attached hydrogen (secondary N) is 1. The van der Waals surface area contributed by atoms with Crippen LogP contribution in [0.3, 0.4) is 0 Å². The van der Waals surface area contributed by atoms with E-state index in [2.05, 4.69) is 62.2 Å². The van der Waals surface area contributed by atoms with Gasteiger partial charge in [-0.05, 0) is 80.6 Å². The van der Waals surface area contributed by atoms with Crippen LogP contribution in [0.15, 0.2) is 65.8 Å². The van der Waals surface area contributed by atoms with Crippen LogP contribution in [0, 0.1) is 10.5 Å². The number of alkyl carbamates (subject to hydrolysis) is 1. The lowest BCUT2D eigenvalue weighted by Crippen LogP contribution is -2.26. The van der Waals surface area contributed by atoms with Crippen LogP contribution in [0.25, 0.3) is 21.6 Å². The second-order valence-corrected chi connectivity index (χ2v) is 8.32. The fourth-order valence-electron chi connectivity index (χ4n) is 3.87. The summed E-state index contributed by atoms with van der Waals surface area (Å²) >= 11 is 2.16. The predicted molar refractivity (Wildman–Crippen MR) is 125 cm³/mol. The van der Waals surface area contributed by atoms with E-state index in [0.29, 0.717) is 12.2 Å². The highest BCUT2D eigenvalue weighted by atomic mass is 127. The van der Waals surface area contributed by atoms with Crippen LogP contribution in [0.1, 0.15) is 28.2 Å². The Morgan fingerprint density at radius 2 is 1.77 bits per heavy atom. The molecule has 0 bridgehead atoms. The van der Waals surface area contributed by atoms with Gasteiger partial charge in [0.1, 0.15) is 6.61 Å². The molecule has 0 aromatic heterocycles. The molecule has 7 heteroatoms. The Morgan fingerprint density at radius 1 is 1.13 bits per heavy atom. The standard InChI is InChI=1S/C23H19IN4O2/c1-14-15(10-16(24)11-22(14)27-28-25)12-26-23(29)30-13-21-19-8-4-2-6-17(19)18-7-3-5-9-20(18)21/h2-11,21H,12-13H2,1H3,(H,26,29). The number of rotatable bonds is 5. The first-order valence-electron chi connectivity index (χ1n) is 9.51. The maximum Gasteiger partial charge on any atom is 0.407 e. The smallest absolute Gasteiger partial charge is 0.407 e. The maximum atomic E-state index is 12.4. The number of amides is 1. The highest BCUT2D eigenvalue weighted by Gasteiger charge is 2.28. The first-order valence-corrected chi connectivity index (χ1v) is 10.6. The van der Waals surface area contributed by atoms with Crippen LogP contribution in [0.5, 0.6) is 0 Å². The second kappa shape index (κ2) is 8.77. The van der Waals surface area contributed by atoms with Gasteiger partial charge in [-0.1, -0.05) is 53.6 Å². The van der Waals surface area contributed by atoms with E-state index < -0.39 is 6.09 Å². The number of hydrogen-bond donors (Lipinski definition) is 1. The summed E-state index contributed by atoms with van der Waals surface area (Å²) in [5.41, 5.74) is 15.8. The van der Waals surface area contributed by atoms with Gasteiger partial charge in [0, 0.05) is 26.6 Å². The van der Waals surface area contributed by atoms with E-state index in [-0.39, 0.29) is 12.5 Å². The molecule has 0 spiro atoms. The molecule has 0 saturated carbocycles. The Hall–Kier alpha value is -3.03. The third kappa shape index (κ3) is 3.99. The number of carbonyl (C=O) groups excluding carboxylic acids is 1. The first-order chi connectivity index (χ1) is 14.6. The normalized spacial score (nSPS) is 11.9. The Bertz CT molecular complexity index is 1130. The quantitative estimate of drug-likeness (QED) is 0.182. The topological polar surface area (TPSA) is 87.1 Å². The maximum absolute atomic E-state index is 12.4. The summed E-state index contributed by atoms with van der Waals surface area (Å²) in [6.07, 6.45) is -0.472. The van der Waals surface area contributed by atoms with Crippen molar-refractivity contribution in [1.29, 1.82) is 0 Å². The van der Waals surface area contributed by atoms with Gasteiger partial charge in [0.05, 0.1) is 0 Å². The van der Waals surface area contributed by atoms with E-state index in [1.807, 2.05) is 43.3 Å². The van der Waals surface area contributed by atoms with Crippen LogP contribution in [-0.4, -0.2) is 12.7 Å². The van der Waals surface area contributed by atoms with Crippen molar-refractivity contribution in [1.82, 2.24) is 5.32 Å². The summed E-state index contributed by atoms with van der Waals surface area (Å²) in [5, 5.41) is 6.53. The molecule has 1 amide bonds. The summed E-state index contributed by atoms with van der Waals surface area (Å²) < 4.78 is 6.51. The number of halogens is 1. The molecular formula is C23H19IN4O2. The molecule has 0 fully saturated rings. The molecule has 3 aromatic carbocycles. The molecule has 0 radical (unpaired) electrons. The summed E-state index contributed by atoms with van der Waals surface area (Å²) in [5.74, 6) is 0.0270. The van der Waals surface area contributed by atoms with E-state index in [9.17, 15) is 4.79 Å². The Balaban J connectivity index is 1.44. The molecule has 0 unspecified atom stereocenters. The van der Waals surface area contributed by atoms with E-state index >= 15 is 0 Å². The van der Waals surface area contributed by atoms with Crippen molar-refractivity contribution in [2.75, 3.05) is 6.61 Å². The lowest BCUT2D eigenvalue weighted by atomic mass is 9.98. The van der Waals surface area contributed by atoms with Gasteiger partial charge in [-0.2, -0.15) is 0 Å². The largest absolute Gasteiger partial charge is 0.449 e. The molecule has 0 atom stereocenters. The first kappa shape index (κ1) is 20.3. The van der Waals surface area contributed by atoms with Crippen LogP contribution in [-0.2, 0) is 11.3 Å². The van der Waals surface area contributed by atoms with Gasteiger partial charge >= 0.3 is 6.09 Å². The van der Waals surface area contributed by atoms with Crippen LogP contribution in [0.4, 0.5) is 10.5 Å². The molecule has 4 rings (SSSR count). The van der Waals surface area contributed by atoms with Crippen LogP contribution < -0.4 is 5.32 Å². The van der Waals surface area contributed by atoms with E-state index in [1.165, 1.54) is 22.3 Å². The molecule has 6 nitrogen and oxygen atoms in total. The van der Waals surface area contributed by atoms with Crippen LogP contribution >= 0.6 is 22.6 Å². The summed E-state index contributed by atoms with van der Waals surface area (Å²) in [4.78, 5) is 15.3. The fourth-order valence-corrected chi connectivity index (χ4v) is 4.54. The minimum absolute atomic E-state index is 0.0270. The molecule has 1 N–H and O–H groups in total. The average molecular weight is 510 g/mol. The number of carbonyl (C=O) groups is 1. The fraction of sp³-hybridized carbons (Fsp3) is 0.174. The average Bonchev–Trinajstić information content (AvgIpc) is 3.07. The number of ether oxygens (including phenoxy) is 1. The Morgan fingerprint density at radius 3 is 2.40 bits per heavy atom.